The number of hydrogen-bond acceptors (Lipinski definition) is 4. The highest BCUT2D eigenvalue weighted by molar-refractivity contribution is 7.15. The van der Waals surface area contributed by atoms with Crippen LogP contribution < -0.4 is 5.32 Å². The SMILES string of the molecule is CC(NCc1ncc(Cl)s1)c1cn[nH]c1. The van der Waals surface area contributed by atoms with Crippen LogP contribution in [0.2, 0.25) is 4.34 Å². The van der Waals surface area contributed by atoms with Crippen LogP contribution in [0.25, 0.3) is 0 Å². The maximum atomic E-state index is 5.79. The Kier molecular flexibility index (Phi) is 3.35. The number of aromatic nitrogens is 3. The van der Waals surface area contributed by atoms with Crippen LogP contribution in [0.5, 0.6) is 0 Å². The predicted molar refractivity (Wildman–Crippen MR) is 61.0 cm³/mol. The lowest BCUT2D eigenvalue weighted by Gasteiger charge is -2.09. The third kappa shape index (κ3) is 2.77. The molecule has 2 rings (SSSR count). The Bertz CT molecular complexity index is 411. The van der Waals surface area contributed by atoms with E-state index in [1.807, 2.05) is 12.4 Å². The summed E-state index contributed by atoms with van der Waals surface area (Å²) in [5.74, 6) is 0. The predicted octanol–water partition coefficient (Wildman–Crippen LogP) is 2.37. The topological polar surface area (TPSA) is 53.6 Å². The van der Waals surface area contributed by atoms with E-state index >= 15 is 0 Å². The fourth-order valence-corrected chi connectivity index (χ4v) is 2.13. The van der Waals surface area contributed by atoms with E-state index in [1.165, 1.54) is 11.3 Å². The van der Waals surface area contributed by atoms with Crippen molar-refractivity contribution in [1.82, 2.24) is 20.5 Å². The number of thiazole rings is 1. The van der Waals surface area contributed by atoms with E-state index in [2.05, 4.69) is 27.4 Å². The Hall–Kier alpha value is -0.910. The summed E-state index contributed by atoms with van der Waals surface area (Å²) in [6, 6.07) is 0.256. The number of nitrogens with zero attached hydrogens (tertiary/aromatic N) is 2. The van der Waals surface area contributed by atoms with Gasteiger partial charge in [-0.25, -0.2) is 4.98 Å². The van der Waals surface area contributed by atoms with Crippen molar-refractivity contribution in [2.24, 2.45) is 0 Å². The molecule has 80 valence electrons. The molecule has 0 spiro atoms. The summed E-state index contributed by atoms with van der Waals surface area (Å²) in [4.78, 5) is 4.17. The Balaban J connectivity index is 1.88. The van der Waals surface area contributed by atoms with Gasteiger partial charge in [-0.2, -0.15) is 5.10 Å². The molecule has 0 aliphatic rings. The fraction of sp³-hybridized carbons (Fsp3) is 0.333. The van der Waals surface area contributed by atoms with Gasteiger partial charge in [0.2, 0.25) is 0 Å². The Morgan fingerprint density at radius 2 is 2.47 bits per heavy atom. The second-order valence-corrected chi connectivity index (χ2v) is 4.94. The molecular weight excluding hydrogens is 232 g/mol. The molecule has 2 heterocycles. The van der Waals surface area contributed by atoms with Gasteiger partial charge in [0.15, 0.2) is 0 Å². The molecule has 0 bridgehead atoms. The number of hydrogen-bond donors (Lipinski definition) is 2. The van der Waals surface area contributed by atoms with Crippen molar-refractivity contribution in [3.63, 3.8) is 0 Å². The lowest BCUT2D eigenvalue weighted by Crippen LogP contribution is -2.17. The highest BCUT2D eigenvalue weighted by atomic mass is 35.5. The van der Waals surface area contributed by atoms with Crippen molar-refractivity contribution in [3.05, 3.63) is 33.5 Å². The summed E-state index contributed by atoms with van der Waals surface area (Å²) in [5.41, 5.74) is 1.14. The zero-order valence-corrected chi connectivity index (χ0v) is 9.77. The van der Waals surface area contributed by atoms with Gasteiger partial charge >= 0.3 is 0 Å². The van der Waals surface area contributed by atoms with Gasteiger partial charge in [-0.1, -0.05) is 11.6 Å². The molecule has 2 aromatic rings. The third-order valence-electron chi connectivity index (χ3n) is 2.10. The molecule has 0 amide bonds. The molecule has 0 radical (unpaired) electrons. The van der Waals surface area contributed by atoms with Gasteiger partial charge in [-0.05, 0) is 6.92 Å². The molecule has 1 unspecified atom stereocenters. The second-order valence-electron chi connectivity index (χ2n) is 3.19. The lowest BCUT2D eigenvalue weighted by atomic mass is 10.2. The highest BCUT2D eigenvalue weighted by Crippen LogP contribution is 2.19. The largest absolute Gasteiger partial charge is 0.304 e. The molecule has 15 heavy (non-hydrogen) atoms. The molecule has 0 aliphatic heterocycles. The normalized spacial score (nSPS) is 12.9. The molecule has 0 fully saturated rings. The summed E-state index contributed by atoms with van der Waals surface area (Å²) in [6.07, 6.45) is 5.37. The summed E-state index contributed by atoms with van der Waals surface area (Å²) in [6.45, 7) is 2.81. The van der Waals surface area contributed by atoms with Crippen molar-refractivity contribution in [2.75, 3.05) is 0 Å². The molecule has 0 aromatic carbocycles. The zero-order valence-electron chi connectivity index (χ0n) is 8.20. The Labute approximate surface area is 96.7 Å². The minimum atomic E-state index is 0.256. The van der Waals surface area contributed by atoms with E-state index < -0.39 is 0 Å². The number of aromatic amines is 1. The Morgan fingerprint density at radius 1 is 1.60 bits per heavy atom. The number of nitrogens with one attached hydrogen (secondary N) is 2. The third-order valence-corrected chi connectivity index (χ3v) is 3.22. The molecule has 0 saturated heterocycles. The van der Waals surface area contributed by atoms with Gasteiger partial charge in [-0.3, -0.25) is 5.10 Å². The minimum Gasteiger partial charge on any atom is -0.304 e. The maximum absolute atomic E-state index is 5.79. The molecule has 0 saturated carbocycles. The first-order valence-corrected chi connectivity index (χ1v) is 5.77. The monoisotopic (exact) mass is 242 g/mol. The van der Waals surface area contributed by atoms with Gasteiger partial charge in [0, 0.05) is 24.3 Å². The van der Waals surface area contributed by atoms with Crippen molar-refractivity contribution < 1.29 is 0 Å². The first kappa shape index (κ1) is 10.6. The van der Waals surface area contributed by atoms with Crippen LogP contribution in [-0.2, 0) is 6.54 Å². The van der Waals surface area contributed by atoms with Crippen molar-refractivity contribution in [3.8, 4) is 0 Å². The van der Waals surface area contributed by atoms with Gasteiger partial charge in [0.1, 0.15) is 9.34 Å². The average Bonchev–Trinajstić information content (AvgIpc) is 2.84. The van der Waals surface area contributed by atoms with E-state index in [1.54, 1.807) is 6.20 Å². The van der Waals surface area contributed by atoms with Gasteiger partial charge in [-0.15, -0.1) is 11.3 Å². The first-order valence-electron chi connectivity index (χ1n) is 4.58. The van der Waals surface area contributed by atoms with Crippen molar-refractivity contribution in [1.29, 1.82) is 0 Å². The number of H-pyrrole nitrogens is 1. The summed E-state index contributed by atoms with van der Waals surface area (Å²) >= 11 is 7.28. The minimum absolute atomic E-state index is 0.256. The lowest BCUT2D eigenvalue weighted by molar-refractivity contribution is 0.573. The van der Waals surface area contributed by atoms with Crippen LogP contribution in [0, 0.1) is 0 Å². The van der Waals surface area contributed by atoms with E-state index in [9.17, 15) is 0 Å². The van der Waals surface area contributed by atoms with Gasteiger partial charge in [0.25, 0.3) is 0 Å². The fourth-order valence-electron chi connectivity index (χ4n) is 1.23. The van der Waals surface area contributed by atoms with Crippen molar-refractivity contribution >= 4 is 22.9 Å². The van der Waals surface area contributed by atoms with Gasteiger partial charge in [0.05, 0.1) is 12.4 Å². The van der Waals surface area contributed by atoms with Crippen LogP contribution in [-0.4, -0.2) is 15.2 Å². The number of halogens is 1. The van der Waals surface area contributed by atoms with E-state index in [0.717, 1.165) is 21.5 Å². The zero-order chi connectivity index (χ0) is 10.7. The average molecular weight is 243 g/mol. The molecule has 4 nitrogen and oxygen atoms in total. The molecular formula is C9H11ClN4S. The molecule has 2 N–H and O–H groups in total. The maximum Gasteiger partial charge on any atom is 0.113 e. The molecule has 0 aliphatic carbocycles. The molecule has 1 atom stereocenters. The second kappa shape index (κ2) is 4.74. The van der Waals surface area contributed by atoms with E-state index in [0.29, 0.717) is 0 Å². The van der Waals surface area contributed by atoms with Gasteiger partial charge < -0.3 is 5.32 Å². The summed E-state index contributed by atoms with van der Waals surface area (Å²) in [5, 5.41) is 11.0. The number of rotatable bonds is 4. The standard InChI is InChI=1S/C9H11ClN4S/c1-6(7-2-13-14-3-7)11-5-9-12-4-8(10)15-9/h2-4,6,11H,5H2,1H3,(H,13,14). The van der Waals surface area contributed by atoms with Crippen LogP contribution in [0.4, 0.5) is 0 Å². The molecule has 2 aromatic heterocycles. The quantitative estimate of drug-likeness (QED) is 0.866. The van der Waals surface area contributed by atoms with Crippen LogP contribution >= 0.6 is 22.9 Å². The van der Waals surface area contributed by atoms with Crippen LogP contribution in [0.15, 0.2) is 18.6 Å². The van der Waals surface area contributed by atoms with Crippen LogP contribution in [0.3, 0.4) is 0 Å². The van der Waals surface area contributed by atoms with Crippen molar-refractivity contribution in [2.45, 2.75) is 19.5 Å². The summed E-state index contributed by atoms with van der Waals surface area (Å²) < 4.78 is 0.725. The first-order chi connectivity index (χ1) is 7.25. The summed E-state index contributed by atoms with van der Waals surface area (Å²) in [7, 11) is 0. The van der Waals surface area contributed by atoms with E-state index in [-0.39, 0.29) is 6.04 Å². The van der Waals surface area contributed by atoms with Crippen LogP contribution in [0.1, 0.15) is 23.5 Å². The Morgan fingerprint density at radius 3 is 3.07 bits per heavy atom. The molecule has 6 heteroatoms. The van der Waals surface area contributed by atoms with E-state index in [4.69, 9.17) is 11.6 Å². The smallest absolute Gasteiger partial charge is 0.113 e. The highest BCUT2D eigenvalue weighted by Gasteiger charge is 2.06.